The van der Waals surface area contributed by atoms with Gasteiger partial charge in [-0.3, -0.25) is 0 Å². The van der Waals surface area contributed by atoms with Crippen molar-refractivity contribution in [2.45, 2.75) is 28.3 Å². The quantitative estimate of drug-likeness (QED) is 0.565. The van der Waals surface area contributed by atoms with Crippen LogP contribution in [0.2, 0.25) is 0 Å². The first-order valence-corrected chi connectivity index (χ1v) is 8.71. The van der Waals surface area contributed by atoms with Gasteiger partial charge in [0.25, 0.3) is 0 Å². The van der Waals surface area contributed by atoms with Crippen LogP contribution >= 0.6 is 34.9 Å². The number of aromatic nitrogens is 2. The minimum absolute atomic E-state index is 0.914. The molecule has 1 aromatic carbocycles. The summed E-state index contributed by atoms with van der Waals surface area (Å²) in [5.74, 6) is 1.86. The maximum atomic E-state index is 4.21. The van der Waals surface area contributed by atoms with E-state index in [-0.39, 0.29) is 0 Å². The molecule has 0 aliphatic heterocycles. The molecule has 0 saturated carbocycles. The highest BCUT2D eigenvalue weighted by Gasteiger charge is 2.06. The first kappa shape index (κ1) is 14.6. The van der Waals surface area contributed by atoms with Crippen LogP contribution in [0, 0.1) is 6.92 Å². The van der Waals surface area contributed by atoms with Crippen LogP contribution in [0.15, 0.2) is 45.1 Å². The molecule has 0 atom stereocenters. The summed E-state index contributed by atoms with van der Waals surface area (Å²) in [7, 11) is 0. The second-order valence-electron chi connectivity index (χ2n) is 4.36. The molecule has 0 fully saturated rings. The Labute approximate surface area is 126 Å². The Hall–Kier alpha value is -0.780. The summed E-state index contributed by atoms with van der Waals surface area (Å²) in [6, 6.07) is 8.58. The summed E-state index contributed by atoms with van der Waals surface area (Å²) < 4.78 is 2.06. The maximum Gasteiger partial charge on any atom is 0.175 e. The number of nitrogens with zero attached hydrogens (tertiary/aromatic N) is 2. The molecule has 19 heavy (non-hydrogen) atoms. The van der Waals surface area contributed by atoms with E-state index in [4.69, 9.17) is 0 Å². The van der Waals surface area contributed by atoms with Crippen LogP contribution in [-0.2, 0) is 5.75 Å². The Bertz CT molecular complexity index is 563. The van der Waals surface area contributed by atoms with Crippen molar-refractivity contribution < 1.29 is 0 Å². The van der Waals surface area contributed by atoms with Gasteiger partial charge in [-0.1, -0.05) is 76.8 Å². The number of thioether (sulfide) groups is 2. The molecule has 0 aliphatic carbocycles. The average molecular weight is 308 g/mol. The fourth-order valence-electron chi connectivity index (χ4n) is 1.45. The van der Waals surface area contributed by atoms with Gasteiger partial charge >= 0.3 is 0 Å². The molecule has 5 heteroatoms. The van der Waals surface area contributed by atoms with Crippen molar-refractivity contribution >= 4 is 34.9 Å². The first-order valence-electron chi connectivity index (χ1n) is 5.92. The van der Waals surface area contributed by atoms with E-state index in [2.05, 4.69) is 48.0 Å². The SMILES string of the molecule is C=C(C)CSc1nnc(SCc2cccc(C)c2)s1. The van der Waals surface area contributed by atoms with Crippen LogP contribution in [0.3, 0.4) is 0 Å². The number of aryl methyl sites for hydroxylation is 1. The fraction of sp³-hybridized carbons (Fsp3) is 0.286. The van der Waals surface area contributed by atoms with Crippen molar-refractivity contribution in [3.8, 4) is 0 Å². The topological polar surface area (TPSA) is 25.8 Å². The van der Waals surface area contributed by atoms with Crippen LogP contribution in [-0.4, -0.2) is 16.0 Å². The van der Waals surface area contributed by atoms with Gasteiger partial charge in [0.15, 0.2) is 8.68 Å². The van der Waals surface area contributed by atoms with Crippen LogP contribution in [0.25, 0.3) is 0 Å². The Balaban J connectivity index is 1.88. The van der Waals surface area contributed by atoms with E-state index in [0.29, 0.717) is 0 Å². The second kappa shape index (κ2) is 7.12. The number of rotatable bonds is 6. The van der Waals surface area contributed by atoms with Crippen LogP contribution < -0.4 is 0 Å². The molecule has 0 bridgehead atoms. The van der Waals surface area contributed by atoms with Gasteiger partial charge in [0.2, 0.25) is 0 Å². The van der Waals surface area contributed by atoms with Crippen LogP contribution in [0.1, 0.15) is 18.1 Å². The van der Waals surface area contributed by atoms with Gasteiger partial charge < -0.3 is 0 Å². The summed E-state index contributed by atoms with van der Waals surface area (Å²) in [4.78, 5) is 0. The Morgan fingerprint density at radius 2 is 2.00 bits per heavy atom. The molecule has 100 valence electrons. The van der Waals surface area contributed by atoms with Gasteiger partial charge in [-0.05, 0) is 19.4 Å². The standard InChI is InChI=1S/C14H16N2S3/c1-10(2)8-17-13-15-16-14(19-13)18-9-12-6-4-5-11(3)7-12/h4-7H,1,8-9H2,2-3H3. The molecule has 0 amide bonds. The van der Waals surface area contributed by atoms with E-state index in [1.165, 1.54) is 11.1 Å². The number of benzene rings is 1. The fourth-order valence-corrected chi connectivity index (χ4v) is 4.25. The zero-order valence-electron chi connectivity index (χ0n) is 11.0. The van der Waals surface area contributed by atoms with E-state index in [1.54, 1.807) is 34.9 Å². The van der Waals surface area contributed by atoms with E-state index in [1.807, 2.05) is 6.92 Å². The first-order chi connectivity index (χ1) is 9.13. The minimum atomic E-state index is 0.914. The summed E-state index contributed by atoms with van der Waals surface area (Å²) in [6.07, 6.45) is 0. The molecular weight excluding hydrogens is 292 g/mol. The normalized spacial score (nSPS) is 10.6. The van der Waals surface area contributed by atoms with Crippen molar-refractivity contribution in [1.29, 1.82) is 0 Å². The predicted molar refractivity (Wildman–Crippen MR) is 86.2 cm³/mol. The molecule has 0 aliphatic rings. The van der Waals surface area contributed by atoms with E-state index < -0.39 is 0 Å². The second-order valence-corrected chi connectivity index (χ2v) is 7.78. The number of hydrogen-bond donors (Lipinski definition) is 0. The summed E-state index contributed by atoms with van der Waals surface area (Å²) >= 11 is 5.11. The lowest BCUT2D eigenvalue weighted by atomic mass is 10.2. The van der Waals surface area contributed by atoms with Gasteiger partial charge in [-0.25, -0.2) is 0 Å². The van der Waals surface area contributed by atoms with Gasteiger partial charge in [0.05, 0.1) is 0 Å². The Morgan fingerprint density at radius 1 is 1.26 bits per heavy atom. The monoisotopic (exact) mass is 308 g/mol. The van der Waals surface area contributed by atoms with Gasteiger partial charge in [-0.2, -0.15) is 0 Å². The van der Waals surface area contributed by atoms with Crippen molar-refractivity contribution in [3.63, 3.8) is 0 Å². The van der Waals surface area contributed by atoms with E-state index in [9.17, 15) is 0 Å². The zero-order valence-corrected chi connectivity index (χ0v) is 13.5. The van der Waals surface area contributed by atoms with Crippen LogP contribution in [0.5, 0.6) is 0 Å². The molecule has 0 saturated heterocycles. The minimum Gasteiger partial charge on any atom is -0.131 e. The molecule has 1 heterocycles. The van der Waals surface area contributed by atoms with Crippen LogP contribution in [0.4, 0.5) is 0 Å². The lowest BCUT2D eigenvalue weighted by Crippen LogP contribution is -1.81. The highest BCUT2D eigenvalue weighted by Crippen LogP contribution is 2.31. The van der Waals surface area contributed by atoms with E-state index in [0.717, 1.165) is 25.8 Å². The molecule has 0 unspecified atom stereocenters. The molecule has 2 nitrogen and oxygen atoms in total. The Kier molecular flexibility index (Phi) is 5.48. The van der Waals surface area contributed by atoms with Crippen molar-refractivity contribution in [2.24, 2.45) is 0 Å². The van der Waals surface area contributed by atoms with Gasteiger partial charge in [-0.15, -0.1) is 10.2 Å². The Morgan fingerprint density at radius 3 is 2.68 bits per heavy atom. The summed E-state index contributed by atoms with van der Waals surface area (Å²) in [5, 5.41) is 8.40. The highest BCUT2D eigenvalue weighted by atomic mass is 32.2. The largest absolute Gasteiger partial charge is 0.175 e. The third-order valence-corrected chi connectivity index (χ3v) is 5.77. The van der Waals surface area contributed by atoms with Crippen molar-refractivity contribution in [2.75, 3.05) is 5.75 Å². The molecule has 0 radical (unpaired) electrons. The lowest BCUT2D eigenvalue weighted by molar-refractivity contribution is 0.955. The summed E-state index contributed by atoms with van der Waals surface area (Å²) in [5.41, 5.74) is 3.79. The zero-order chi connectivity index (χ0) is 13.7. The highest BCUT2D eigenvalue weighted by molar-refractivity contribution is 8.03. The molecular formula is C14H16N2S3. The van der Waals surface area contributed by atoms with Crippen molar-refractivity contribution in [1.82, 2.24) is 10.2 Å². The smallest absolute Gasteiger partial charge is 0.131 e. The molecule has 2 rings (SSSR count). The predicted octanol–water partition coefficient (Wildman–Crippen LogP) is 4.81. The lowest BCUT2D eigenvalue weighted by Gasteiger charge is -1.99. The average Bonchev–Trinajstić information content (AvgIpc) is 2.82. The van der Waals surface area contributed by atoms with E-state index >= 15 is 0 Å². The molecule has 0 N–H and O–H groups in total. The maximum absolute atomic E-state index is 4.21. The third-order valence-electron chi connectivity index (χ3n) is 2.27. The molecule has 0 spiro atoms. The summed E-state index contributed by atoms with van der Waals surface area (Å²) in [6.45, 7) is 8.04. The van der Waals surface area contributed by atoms with Gasteiger partial charge in [0, 0.05) is 11.5 Å². The molecule has 1 aromatic heterocycles. The third kappa shape index (κ3) is 5.01. The van der Waals surface area contributed by atoms with Gasteiger partial charge in [0.1, 0.15) is 0 Å². The molecule has 2 aromatic rings. The number of hydrogen-bond acceptors (Lipinski definition) is 5. The van der Waals surface area contributed by atoms with Crippen molar-refractivity contribution in [3.05, 3.63) is 47.5 Å².